The molecule has 3 fully saturated rings. The first kappa shape index (κ1) is 30.9. The molecule has 0 spiro atoms. The van der Waals surface area contributed by atoms with E-state index in [2.05, 4.69) is 16.0 Å². The van der Waals surface area contributed by atoms with Gasteiger partial charge in [-0.2, -0.15) is 8.78 Å². The number of nitrogens with one attached hydrogen (secondary N) is 3. The van der Waals surface area contributed by atoms with Crippen molar-refractivity contribution in [1.82, 2.24) is 20.4 Å². The Morgan fingerprint density at radius 2 is 1.98 bits per heavy atom. The van der Waals surface area contributed by atoms with Crippen LogP contribution in [0, 0.1) is 11.8 Å². The van der Waals surface area contributed by atoms with Crippen LogP contribution in [0.15, 0.2) is 34.9 Å². The van der Waals surface area contributed by atoms with Crippen molar-refractivity contribution in [2.24, 2.45) is 17.6 Å². The van der Waals surface area contributed by atoms with Gasteiger partial charge in [0.1, 0.15) is 5.70 Å². The van der Waals surface area contributed by atoms with Crippen LogP contribution in [0.5, 0.6) is 0 Å². The Labute approximate surface area is 250 Å². The van der Waals surface area contributed by atoms with Gasteiger partial charge in [0.25, 0.3) is 11.8 Å². The maximum atomic E-state index is 13.1. The van der Waals surface area contributed by atoms with Crippen LogP contribution in [-0.4, -0.2) is 100.0 Å². The summed E-state index contributed by atoms with van der Waals surface area (Å²) in [6.07, 6.45) is -2.10. The third-order valence-electron chi connectivity index (χ3n) is 8.49. The first-order valence-electron chi connectivity index (χ1n) is 14.1. The van der Waals surface area contributed by atoms with Crippen LogP contribution >= 0.6 is 11.8 Å². The van der Waals surface area contributed by atoms with E-state index in [1.165, 1.54) is 23.6 Å². The summed E-state index contributed by atoms with van der Waals surface area (Å²) >= 11 is 1.28. The van der Waals surface area contributed by atoms with Gasteiger partial charge in [-0.1, -0.05) is 13.0 Å². The van der Waals surface area contributed by atoms with Crippen molar-refractivity contribution in [3.05, 3.63) is 40.4 Å². The standard InChI is InChI=1S/C28H34F2N6O6S/c1-12-20-19(13(2)33-25(38)23(29)30)27(40)36(20)21(28(41)42)22(12)43-17-9-18(32-10-17)24(37)34-16-5-3-4-14(8-16)26(39)35-7-6-15(31)11-35/h3-5,8,12-13,15,17-20,23,32H,6-7,9-11,31H2,1-2H3,(H,33,38)(H,34,37)(H,41,42)/t12-,13-,15-,17+,18+,19-,20-/m1/s1. The zero-order valence-corrected chi connectivity index (χ0v) is 24.4. The molecule has 4 amide bonds. The number of anilines is 1. The fraction of sp³-hybridized carbons (Fsp3) is 0.536. The van der Waals surface area contributed by atoms with E-state index in [9.17, 15) is 37.9 Å². The topological polar surface area (TPSA) is 174 Å². The summed E-state index contributed by atoms with van der Waals surface area (Å²) in [6.45, 7) is 4.70. The zero-order chi connectivity index (χ0) is 31.2. The van der Waals surface area contributed by atoms with E-state index in [0.717, 1.165) is 6.42 Å². The van der Waals surface area contributed by atoms with Crippen molar-refractivity contribution in [3.63, 3.8) is 0 Å². The molecule has 4 aliphatic rings. The maximum absolute atomic E-state index is 13.1. The highest BCUT2D eigenvalue weighted by atomic mass is 32.2. The number of halogens is 2. The second kappa shape index (κ2) is 12.2. The lowest BCUT2D eigenvalue weighted by molar-refractivity contribution is -0.159. The number of aliphatic carboxylic acids is 1. The number of carbonyl (C=O) groups excluding carboxylic acids is 4. The smallest absolute Gasteiger partial charge is 0.353 e. The average Bonchev–Trinajstić information content (AvgIpc) is 3.66. The number of thioether (sulfide) groups is 1. The molecule has 0 aliphatic carbocycles. The number of fused-ring (bicyclic) bond motifs is 1. The van der Waals surface area contributed by atoms with Crippen molar-refractivity contribution < 1.29 is 37.9 Å². The van der Waals surface area contributed by atoms with E-state index in [-0.39, 0.29) is 28.8 Å². The van der Waals surface area contributed by atoms with Crippen LogP contribution in [0.1, 0.15) is 37.0 Å². The predicted octanol–water partition coefficient (Wildman–Crippen LogP) is 0.805. The Hall–Kier alpha value is -3.56. The Balaban J connectivity index is 1.21. The van der Waals surface area contributed by atoms with Crippen LogP contribution < -0.4 is 21.7 Å². The average molecular weight is 621 g/mol. The minimum absolute atomic E-state index is 0.0425. The number of alkyl halides is 2. The number of nitrogens with zero attached hydrogens (tertiary/aromatic N) is 2. The molecule has 6 N–H and O–H groups in total. The van der Waals surface area contributed by atoms with Gasteiger partial charge >= 0.3 is 12.4 Å². The van der Waals surface area contributed by atoms with Crippen LogP contribution in [0.3, 0.4) is 0 Å². The van der Waals surface area contributed by atoms with Gasteiger partial charge in [0.05, 0.1) is 18.0 Å². The normalized spacial score (nSPS) is 29.0. The van der Waals surface area contributed by atoms with E-state index in [1.807, 2.05) is 0 Å². The van der Waals surface area contributed by atoms with Gasteiger partial charge in [0.2, 0.25) is 11.8 Å². The maximum Gasteiger partial charge on any atom is 0.353 e. The van der Waals surface area contributed by atoms with Gasteiger partial charge in [-0.05, 0) is 38.0 Å². The van der Waals surface area contributed by atoms with Crippen molar-refractivity contribution in [3.8, 4) is 0 Å². The molecule has 1 aromatic rings. The summed E-state index contributed by atoms with van der Waals surface area (Å²) in [5.74, 6) is -5.01. The Morgan fingerprint density at radius 3 is 2.63 bits per heavy atom. The fourth-order valence-electron chi connectivity index (χ4n) is 6.36. The van der Waals surface area contributed by atoms with E-state index >= 15 is 0 Å². The van der Waals surface area contributed by atoms with Gasteiger partial charge in [-0.25, -0.2) is 4.79 Å². The number of benzene rings is 1. The Morgan fingerprint density at radius 1 is 1.23 bits per heavy atom. The summed E-state index contributed by atoms with van der Waals surface area (Å²) in [4.78, 5) is 65.9. The second-order valence-corrected chi connectivity index (χ2v) is 12.8. The number of rotatable bonds is 9. The van der Waals surface area contributed by atoms with Crippen LogP contribution in [0.25, 0.3) is 0 Å². The molecule has 5 rings (SSSR count). The molecule has 0 radical (unpaired) electrons. The molecule has 232 valence electrons. The first-order chi connectivity index (χ1) is 20.4. The highest BCUT2D eigenvalue weighted by Gasteiger charge is 2.60. The quantitative estimate of drug-likeness (QED) is 0.250. The monoisotopic (exact) mass is 620 g/mol. The first-order valence-corrected chi connectivity index (χ1v) is 15.0. The van der Waals surface area contributed by atoms with Crippen LogP contribution in [0.2, 0.25) is 0 Å². The van der Waals surface area contributed by atoms with Gasteiger partial charge in [-0.15, -0.1) is 11.8 Å². The lowest BCUT2D eigenvalue weighted by Crippen LogP contribution is -2.66. The van der Waals surface area contributed by atoms with Crippen molar-refractivity contribution in [2.45, 2.75) is 62.5 Å². The minimum Gasteiger partial charge on any atom is -0.477 e. The molecule has 3 saturated heterocycles. The SMILES string of the molecule is C[C@@H](NC(=O)C(F)F)[C@H]1C(=O)N2C(C(=O)O)=C(S[C@@H]3CN[C@H](C(=O)Nc4cccc(C(=O)N5CC[C@@H](N)C5)c4)C3)[C@H](C)[C@H]12. The number of likely N-dealkylation sites (tertiary alicyclic amines) is 1. The van der Waals surface area contributed by atoms with Gasteiger partial charge < -0.3 is 36.6 Å². The number of nitrogens with two attached hydrogens (primary N) is 1. The lowest BCUT2D eigenvalue weighted by atomic mass is 9.78. The van der Waals surface area contributed by atoms with E-state index < -0.39 is 54.2 Å². The highest BCUT2D eigenvalue weighted by molar-refractivity contribution is 8.03. The number of hydrogen-bond donors (Lipinski definition) is 5. The molecule has 15 heteroatoms. The minimum atomic E-state index is -3.23. The van der Waals surface area contributed by atoms with Crippen molar-refractivity contribution in [1.29, 1.82) is 0 Å². The molecular weight excluding hydrogens is 586 g/mol. The predicted molar refractivity (Wildman–Crippen MR) is 153 cm³/mol. The number of amides is 4. The summed E-state index contributed by atoms with van der Waals surface area (Å²) in [5, 5.41) is 17.9. The van der Waals surface area contributed by atoms with Gasteiger partial charge in [0, 0.05) is 59.0 Å². The molecule has 0 bridgehead atoms. The number of carboxylic acids is 1. The summed E-state index contributed by atoms with van der Waals surface area (Å²) in [5.41, 5.74) is 6.69. The lowest BCUT2D eigenvalue weighted by Gasteiger charge is -2.47. The number of carboxylic acid groups (broad SMARTS) is 1. The molecular formula is C28H34F2N6O6S. The molecule has 12 nitrogen and oxygen atoms in total. The van der Waals surface area contributed by atoms with E-state index in [4.69, 9.17) is 5.73 Å². The molecule has 4 aliphatic heterocycles. The zero-order valence-electron chi connectivity index (χ0n) is 23.6. The van der Waals surface area contributed by atoms with Crippen LogP contribution in [0.4, 0.5) is 14.5 Å². The Kier molecular flexibility index (Phi) is 8.77. The molecule has 0 unspecified atom stereocenters. The second-order valence-electron chi connectivity index (χ2n) is 11.4. The summed E-state index contributed by atoms with van der Waals surface area (Å²) in [7, 11) is 0. The molecule has 4 heterocycles. The van der Waals surface area contributed by atoms with Crippen LogP contribution in [-0.2, 0) is 19.2 Å². The Bertz CT molecular complexity index is 1380. The largest absolute Gasteiger partial charge is 0.477 e. The van der Waals surface area contributed by atoms with Gasteiger partial charge in [-0.3, -0.25) is 19.2 Å². The number of carbonyl (C=O) groups is 5. The molecule has 0 aromatic heterocycles. The number of β-lactam (4-membered cyclic amide) rings is 1. The van der Waals surface area contributed by atoms with E-state index in [1.54, 1.807) is 36.1 Å². The molecule has 43 heavy (non-hydrogen) atoms. The third kappa shape index (κ3) is 5.97. The highest BCUT2D eigenvalue weighted by Crippen LogP contribution is 2.51. The molecule has 1 aromatic carbocycles. The molecule has 7 atom stereocenters. The summed E-state index contributed by atoms with van der Waals surface area (Å²) in [6, 6.07) is 4.59. The van der Waals surface area contributed by atoms with Gasteiger partial charge in [0.15, 0.2) is 0 Å². The third-order valence-corrected chi connectivity index (χ3v) is 10.00. The van der Waals surface area contributed by atoms with Crippen molar-refractivity contribution >= 4 is 47.0 Å². The number of hydrogen-bond acceptors (Lipinski definition) is 8. The van der Waals surface area contributed by atoms with Crippen molar-refractivity contribution in [2.75, 3.05) is 25.0 Å². The van der Waals surface area contributed by atoms with E-state index in [0.29, 0.717) is 42.2 Å². The summed E-state index contributed by atoms with van der Waals surface area (Å²) < 4.78 is 25.5. The fourth-order valence-corrected chi connectivity index (χ4v) is 7.84. The molecule has 0 saturated carbocycles.